The summed E-state index contributed by atoms with van der Waals surface area (Å²) in [5.74, 6) is 1.24. The summed E-state index contributed by atoms with van der Waals surface area (Å²) < 4.78 is 5.66. The number of carbonyl (C=O) groups is 1. The first kappa shape index (κ1) is 12.8. The van der Waals surface area contributed by atoms with Crippen molar-refractivity contribution in [2.75, 3.05) is 6.61 Å². The SMILES string of the molecule is CCC(=O)CCCOc1cc(C)ccc1C. The minimum absolute atomic E-state index is 0.310. The Labute approximate surface area is 97.6 Å². The number of Topliss-reactive ketones (excluding diaryl/α,β-unsaturated/α-hetero) is 1. The molecule has 2 heteroatoms. The summed E-state index contributed by atoms with van der Waals surface area (Å²) in [5.41, 5.74) is 2.35. The fourth-order valence-corrected chi connectivity index (χ4v) is 1.49. The maximum atomic E-state index is 11.1. The van der Waals surface area contributed by atoms with E-state index in [1.807, 2.05) is 26.8 Å². The molecule has 0 heterocycles. The molecule has 0 aliphatic carbocycles. The van der Waals surface area contributed by atoms with Gasteiger partial charge in [0.25, 0.3) is 0 Å². The highest BCUT2D eigenvalue weighted by atomic mass is 16.5. The average molecular weight is 220 g/mol. The molecule has 88 valence electrons. The Bertz CT molecular complexity index is 356. The van der Waals surface area contributed by atoms with Gasteiger partial charge in [0, 0.05) is 12.8 Å². The van der Waals surface area contributed by atoms with Crippen molar-refractivity contribution in [1.82, 2.24) is 0 Å². The number of ketones is 1. The fraction of sp³-hybridized carbons (Fsp3) is 0.500. The molecule has 0 saturated carbocycles. The lowest BCUT2D eigenvalue weighted by molar-refractivity contribution is -0.118. The lowest BCUT2D eigenvalue weighted by Crippen LogP contribution is -2.03. The minimum Gasteiger partial charge on any atom is -0.493 e. The summed E-state index contributed by atoms with van der Waals surface area (Å²) in [4.78, 5) is 11.1. The van der Waals surface area contributed by atoms with Crippen LogP contribution in [-0.2, 0) is 4.79 Å². The van der Waals surface area contributed by atoms with E-state index in [4.69, 9.17) is 4.74 Å². The van der Waals surface area contributed by atoms with Crippen LogP contribution in [0.15, 0.2) is 18.2 Å². The summed E-state index contributed by atoms with van der Waals surface area (Å²) in [6.45, 7) is 6.60. The molecule has 1 aromatic rings. The molecule has 0 bridgehead atoms. The molecule has 1 aromatic carbocycles. The molecule has 0 radical (unpaired) electrons. The molecule has 0 N–H and O–H groups in total. The van der Waals surface area contributed by atoms with Crippen molar-refractivity contribution in [1.29, 1.82) is 0 Å². The van der Waals surface area contributed by atoms with Crippen LogP contribution >= 0.6 is 0 Å². The largest absolute Gasteiger partial charge is 0.493 e. The monoisotopic (exact) mass is 220 g/mol. The van der Waals surface area contributed by atoms with Gasteiger partial charge in [-0.3, -0.25) is 4.79 Å². The first-order chi connectivity index (χ1) is 7.63. The zero-order valence-corrected chi connectivity index (χ0v) is 10.4. The number of hydrogen-bond donors (Lipinski definition) is 0. The third-order valence-electron chi connectivity index (χ3n) is 2.60. The van der Waals surface area contributed by atoms with Gasteiger partial charge in [-0.05, 0) is 37.5 Å². The van der Waals surface area contributed by atoms with E-state index in [1.54, 1.807) is 0 Å². The molecule has 0 unspecified atom stereocenters. The van der Waals surface area contributed by atoms with E-state index in [0.717, 1.165) is 17.7 Å². The van der Waals surface area contributed by atoms with Crippen LogP contribution in [-0.4, -0.2) is 12.4 Å². The molecule has 0 fully saturated rings. The Balaban J connectivity index is 2.37. The quantitative estimate of drug-likeness (QED) is 0.686. The van der Waals surface area contributed by atoms with E-state index < -0.39 is 0 Å². The molecule has 0 aliphatic heterocycles. The Morgan fingerprint density at radius 3 is 2.75 bits per heavy atom. The van der Waals surface area contributed by atoms with Crippen LogP contribution in [0.4, 0.5) is 0 Å². The summed E-state index contributed by atoms with van der Waals surface area (Å²) in [6, 6.07) is 6.17. The predicted molar refractivity (Wildman–Crippen MR) is 65.9 cm³/mol. The van der Waals surface area contributed by atoms with E-state index in [9.17, 15) is 4.79 Å². The molecule has 0 atom stereocenters. The van der Waals surface area contributed by atoms with Gasteiger partial charge in [0.1, 0.15) is 11.5 Å². The van der Waals surface area contributed by atoms with Crippen LogP contribution < -0.4 is 4.74 Å². The molecule has 0 aliphatic rings. The first-order valence-corrected chi connectivity index (χ1v) is 5.85. The van der Waals surface area contributed by atoms with Crippen molar-refractivity contribution in [3.63, 3.8) is 0 Å². The third kappa shape index (κ3) is 4.05. The van der Waals surface area contributed by atoms with Gasteiger partial charge < -0.3 is 4.74 Å². The van der Waals surface area contributed by atoms with Crippen molar-refractivity contribution in [2.45, 2.75) is 40.0 Å². The Kier molecular flexibility index (Phi) is 5.03. The molecule has 1 rings (SSSR count). The van der Waals surface area contributed by atoms with Crippen molar-refractivity contribution in [3.05, 3.63) is 29.3 Å². The van der Waals surface area contributed by atoms with Gasteiger partial charge in [-0.2, -0.15) is 0 Å². The van der Waals surface area contributed by atoms with Crippen molar-refractivity contribution >= 4 is 5.78 Å². The van der Waals surface area contributed by atoms with E-state index in [1.165, 1.54) is 5.56 Å². The minimum atomic E-state index is 0.310. The summed E-state index contributed by atoms with van der Waals surface area (Å²) in [6.07, 6.45) is 2.06. The van der Waals surface area contributed by atoms with Crippen molar-refractivity contribution in [3.8, 4) is 5.75 Å². The van der Waals surface area contributed by atoms with E-state index in [0.29, 0.717) is 25.2 Å². The zero-order chi connectivity index (χ0) is 12.0. The molecular weight excluding hydrogens is 200 g/mol. The van der Waals surface area contributed by atoms with E-state index in [2.05, 4.69) is 12.1 Å². The highest BCUT2D eigenvalue weighted by Crippen LogP contribution is 2.19. The van der Waals surface area contributed by atoms with Crippen LogP contribution in [0.5, 0.6) is 5.75 Å². The topological polar surface area (TPSA) is 26.3 Å². The van der Waals surface area contributed by atoms with Gasteiger partial charge in [-0.15, -0.1) is 0 Å². The van der Waals surface area contributed by atoms with Gasteiger partial charge in [0.05, 0.1) is 6.61 Å². The number of carbonyl (C=O) groups excluding carboxylic acids is 1. The molecule has 16 heavy (non-hydrogen) atoms. The molecule has 0 spiro atoms. The molecule has 0 aromatic heterocycles. The lowest BCUT2D eigenvalue weighted by Gasteiger charge is -2.09. The van der Waals surface area contributed by atoms with Crippen LogP contribution in [0.2, 0.25) is 0 Å². The van der Waals surface area contributed by atoms with Crippen LogP contribution in [0, 0.1) is 13.8 Å². The second-order valence-corrected chi connectivity index (χ2v) is 4.11. The summed E-state index contributed by atoms with van der Waals surface area (Å²) in [5, 5.41) is 0. The molecule has 0 saturated heterocycles. The zero-order valence-electron chi connectivity index (χ0n) is 10.4. The number of benzene rings is 1. The van der Waals surface area contributed by atoms with Crippen LogP contribution in [0.25, 0.3) is 0 Å². The lowest BCUT2D eigenvalue weighted by atomic mass is 10.1. The Hall–Kier alpha value is -1.31. The predicted octanol–water partition coefficient (Wildman–Crippen LogP) is 3.44. The molecular formula is C14H20O2. The molecule has 0 amide bonds. The number of aryl methyl sites for hydroxylation is 2. The number of ether oxygens (including phenoxy) is 1. The molecule has 2 nitrogen and oxygen atoms in total. The smallest absolute Gasteiger partial charge is 0.132 e. The van der Waals surface area contributed by atoms with Gasteiger partial charge >= 0.3 is 0 Å². The van der Waals surface area contributed by atoms with E-state index in [-0.39, 0.29) is 0 Å². The number of rotatable bonds is 6. The highest BCUT2D eigenvalue weighted by Gasteiger charge is 2.01. The maximum Gasteiger partial charge on any atom is 0.132 e. The van der Waals surface area contributed by atoms with Gasteiger partial charge in [0.2, 0.25) is 0 Å². The third-order valence-corrected chi connectivity index (χ3v) is 2.60. The van der Waals surface area contributed by atoms with Crippen molar-refractivity contribution < 1.29 is 9.53 Å². The van der Waals surface area contributed by atoms with E-state index >= 15 is 0 Å². The maximum absolute atomic E-state index is 11.1. The Morgan fingerprint density at radius 2 is 2.06 bits per heavy atom. The van der Waals surface area contributed by atoms with Gasteiger partial charge in [0.15, 0.2) is 0 Å². The first-order valence-electron chi connectivity index (χ1n) is 5.85. The van der Waals surface area contributed by atoms with Crippen molar-refractivity contribution in [2.24, 2.45) is 0 Å². The Morgan fingerprint density at radius 1 is 1.31 bits per heavy atom. The van der Waals surface area contributed by atoms with Gasteiger partial charge in [-0.1, -0.05) is 19.1 Å². The normalized spacial score (nSPS) is 10.2. The average Bonchev–Trinajstić information content (AvgIpc) is 2.28. The van der Waals surface area contributed by atoms with Crippen LogP contribution in [0.1, 0.15) is 37.3 Å². The highest BCUT2D eigenvalue weighted by molar-refractivity contribution is 5.77. The fourth-order valence-electron chi connectivity index (χ4n) is 1.49. The summed E-state index contributed by atoms with van der Waals surface area (Å²) >= 11 is 0. The second kappa shape index (κ2) is 6.31. The van der Waals surface area contributed by atoms with Gasteiger partial charge in [-0.25, -0.2) is 0 Å². The standard InChI is InChI=1S/C14H20O2/c1-4-13(15)6-5-9-16-14-10-11(2)7-8-12(14)3/h7-8,10H,4-6,9H2,1-3H3. The second-order valence-electron chi connectivity index (χ2n) is 4.11. The van der Waals surface area contributed by atoms with Crippen LogP contribution in [0.3, 0.4) is 0 Å². The number of hydrogen-bond acceptors (Lipinski definition) is 2. The summed E-state index contributed by atoms with van der Waals surface area (Å²) in [7, 11) is 0.